The number of fused-ring (bicyclic) bond motifs is 1. The summed E-state index contributed by atoms with van der Waals surface area (Å²) in [6, 6.07) is 22.4. The second kappa shape index (κ2) is 8.78. The largest absolute Gasteiger partial charge is 0.342 e. The molecule has 4 amide bonds. The van der Waals surface area contributed by atoms with Crippen molar-refractivity contribution in [2.45, 2.75) is 13.1 Å². The van der Waals surface area contributed by atoms with E-state index in [1.807, 2.05) is 60.8 Å². The standard InChI is InChI=1S/C27H20FN3O3/c28-21-12-10-19(11-13-21)16-31-26(33)23(25(32)29-27(31)34)14-20-17-30(15-18-6-2-1-3-7-18)24-9-5-4-8-22(20)24/h1-14,17H,15-16H2,(H,29,32,34)/b23-14+. The smallest absolute Gasteiger partial charge is 0.331 e. The lowest BCUT2D eigenvalue weighted by Crippen LogP contribution is -2.53. The van der Waals surface area contributed by atoms with E-state index in [4.69, 9.17) is 0 Å². The Morgan fingerprint density at radius 3 is 2.24 bits per heavy atom. The van der Waals surface area contributed by atoms with E-state index >= 15 is 0 Å². The number of nitrogens with zero attached hydrogens (tertiary/aromatic N) is 2. The van der Waals surface area contributed by atoms with Crippen LogP contribution < -0.4 is 5.32 Å². The topological polar surface area (TPSA) is 71.4 Å². The van der Waals surface area contributed by atoms with Gasteiger partial charge in [-0.25, -0.2) is 9.18 Å². The van der Waals surface area contributed by atoms with Crippen molar-refractivity contribution in [1.82, 2.24) is 14.8 Å². The number of hydrogen-bond donors (Lipinski definition) is 1. The van der Waals surface area contributed by atoms with Gasteiger partial charge in [0, 0.05) is 29.2 Å². The lowest BCUT2D eigenvalue weighted by Gasteiger charge is -2.26. The van der Waals surface area contributed by atoms with E-state index in [9.17, 15) is 18.8 Å². The van der Waals surface area contributed by atoms with Crippen LogP contribution in [-0.4, -0.2) is 27.3 Å². The summed E-state index contributed by atoms with van der Waals surface area (Å²) in [4.78, 5) is 39.1. The van der Waals surface area contributed by atoms with Gasteiger partial charge in [0.2, 0.25) is 0 Å². The molecule has 1 N–H and O–H groups in total. The predicted molar refractivity (Wildman–Crippen MR) is 126 cm³/mol. The van der Waals surface area contributed by atoms with Crippen LogP contribution in [0.3, 0.4) is 0 Å². The average molecular weight is 453 g/mol. The van der Waals surface area contributed by atoms with E-state index in [2.05, 4.69) is 9.88 Å². The molecule has 0 unspecified atom stereocenters. The summed E-state index contributed by atoms with van der Waals surface area (Å²) < 4.78 is 15.3. The highest BCUT2D eigenvalue weighted by Gasteiger charge is 2.35. The highest BCUT2D eigenvalue weighted by molar-refractivity contribution is 6.31. The molecule has 6 nitrogen and oxygen atoms in total. The molecule has 0 radical (unpaired) electrons. The van der Waals surface area contributed by atoms with Gasteiger partial charge in [0.1, 0.15) is 11.4 Å². The predicted octanol–water partition coefficient (Wildman–Crippen LogP) is 4.49. The summed E-state index contributed by atoms with van der Waals surface area (Å²) in [5.74, 6) is -1.86. The molecule has 5 rings (SSSR count). The number of nitrogens with one attached hydrogen (secondary N) is 1. The molecule has 1 aliphatic heterocycles. The summed E-state index contributed by atoms with van der Waals surface area (Å²) in [6.07, 6.45) is 3.41. The van der Waals surface area contributed by atoms with Crippen molar-refractivity contribution in [2.75, 3.05) is 0 Å². The molecule has 168 valence electrons. The number of benzene rings is 3. The first-order valence-electron chi connectivity index (χ1n) is 10.7. The molecule has 0 atom stereocenters. The van der Waals surface area contributed by atoms with Crippen LogP contribution >= 0.6 is 0 Å². The Bertz CT molecular complexity index is 1440. The lowest BCUT2D eigenvalue weighted by atomic mass is 10.1. The van der Waals surface area contributed by atoms with Crippen molar-refractivity contribution in [2.24, 2.45) is 0 Å². The minimum absolute atomic E-state index is 0.0780. The molecule has 0 spiro atoms. The highest BCUT2D eigenvalue weighted by Crippen LogP contribution is 2.26. The van der Waals surface area contributed by atoms with E-state index in [0.717, 1.165) is 21.4 Å². The highest BCUT2D eigenvalue weighted by atomic mass is 19.1. The average Bonchev–Trinajstić information content (AvgIpc) is 3.18. The Morgan fingerprint density at radius 2 is 1.47 bits per heavy atom. The van der Waals surface area contributed by atoms with Gasteiger partial charge in [-0.3, -0.25) is 19.8 Å². The van der Waals surface area contributed by atoms with Crippen LogP contribution in [0.4, 0.5) is 9.18 Å². The van der Waals surface area contributed by atoms with Crippen molar-refractivity contribution in [3.8, 4) is 0 Å². The van der Waals surface area contributed by atoms with Gasteiger partial charge in [-0.15, -0.1) is 0 Å². The molecule has 1 aromatic heterocycles. The fourth-order valence-corrected chi connectivity index (χ4v) is 4.07. The molecule has 7 heteroatoms. The van der Waals surface area contributed by atoms with E-state index in [-0.39, 0.29) is 12.1 Å². The number of amides is 4. The first kappa shape index (κ1) is 21.3. The SMILES string of the molecule is O=C1NC(=O)N(Cc2ccc(F)cc2)C(=O)/C1=C/c1cn(Cc2ccccc2)c2ccccc12. The molecule has 3 aromatic carbocycles. The Morgan fingerprint density at radius 1 is 0.794 bits per heavy atom. The number of imide groups is 2. The Kier molecular flexibility index (Phi) is 5.51. The quantitative estimate of drug-likeness (QED) is 0.358. The minimum Gasteiger partial charge on any atom is -0.342 e. The van der Waals surface area contributed by atoms with Crippen molar-refractivity contribution in [3.63, 3.8) is 0 Å². The van der Waals surface area contributed by atoms with Gasteiger partial charge >= 0.3 is 6.03 Å². The molecule has 34 heavy (non-hydrogen) atoms. The lowest BCUT2D eigenvalue weighted by molar-refractivity contribution is -0.130. The molecular formula is C27H20FN3O3. The van der Waals surface area contributed by atoms with Crippen molar-refractivity contribution < 1.29 is 18.8 Å². The van der Waals surface area contributed by atoms with Crippen molar-refractivity contribution in [3.05, 3.63) is 113 Å². The van der Waals surface area contributed by atoms with Gasteiger partial charge in [-0.1, -0.05) is 60.7 Å². The van der Waals surface area contributed by atoms with Gasteiger partial charge in [-0.2, -0.15) is 0 Å². The zero-order valence-corrected chi connectivity index (χ0v) is 18.1. The molecule has 4 aromatic rings. The van der Waals surface area contributed by atoms with E-state index in [0.29, 0.717) is 17.7 Å². The molecule has 1 saturated heterocycles. The number of urea groups is 1. The zero-order chi connectivity index (χ0) is 23.7. The van der Waals surface area contributed by atoms with Gasteiger partial charge in [0.15, 0.2) is 0 Å². The van der Waals surface area contributed by atoms with Crippen molar-refractivity contribution >= 4 is 34.8 Å². The van der Waals surface area contributed by atoms with Crippen molar-refractivity contribution in [1.29, 1.82) is 0 Å². The van der Waals surface area contributed by atoms with Crippen LogP contribution in [0.1, 0.15) is 16.7 Å². The van der Waals surface area contributed by atoms with E-state index in [1.165, 1.54) is 30.3 Å². The fourth-order valence-electron chi connectivity index (χ4n) is 4.07. The Hall–Kier alpha value is -4.52. The number of halogens is 1. The van der Waals surface area contributed by atoms with Gasteiger partial charge in [-0.05, 0) is 35.4 Å². The Labute approximate surface area is 194 Å². The number of rotatable bonds is 5. The summed E-state index contributed by atoms with van der Waals surface area (Å²) in [5, 5.41) is 3.12. The maximum absolute atomic E-state index is 13.2. The van der Waals surface area contributed by atoms with Gasteiger partial charge in [0.25, 0.3) is 11.8 Å². The molecule has 1 aliphatic rings. The van der Waals surface area contributed by atoms with Gasteiger partial charge in [0.05, 0.1) is 6.54 Å². The molecule has 0 saturated carbocycles. The summed E-state index contributed by atoms with van der Waals surface area (Å²) in [7, 11) is 0. The summed E-state index contributed by atoms with van der Waals surface area (Å²) in [6.45, 7) is 0.547. The molecule has 0 aliphatic carbocycles. The summed E-state index contributed by atoms with van der Waals surface area (Å²) in [5.41, 5.74) is 3.20. The van der Waals surface area contributed by atoms with E-state index < -0.39 is 23.7 Å². The monoisotopic (exact) mass is 453 g/mol. The number of aromatic nitrogens is 1. The zero-order valence-electron chi connectivity index (χ0n) is 18.1. The minimum atomic E-state index is -0.803. The van der Waals surface area contributed by atoms with Crippen LogP contribution in [-0.2, 0) is 22.7 Å². The van der Waals surface area contributed by atoms with Gasteiger partial charge < -0.3 is 4.57 Å². The number of para-hydroxylation sites is 1. The molecular weight excluding hydrogens is 433 g/mol. The van der Waals surface area contributed by atoms with Crippen LogP contribution in [0, 0.1) is 5.82 Å². The molecule has 2 heterocycles. The number of barbiturate groups is 1. The second-order valence-corrected chi connectivity index (χ2v) is 8.05. The first-order valence-corrected chi connectivity index (χ1v) is 10.7. The van der Waals surface area contributed by atoms with Crippen LogP contribution in [0.25, 0.3) is 17.0 Å². The third-order valence-electron chi connectivity index (χ3n) is 5.75. The number of carbonyl (C=O) groups is 3. The molecule has 0 bridgehead atoms. The van der Waals surface area contributed by atoms with E-state index in [1.54, 1.807) is 0 Å². The van der Waals surface area contributed by atoms with Crippen LogP contribution in [0.5, 0.6) is 0 Å². The third kappa shape index (κ3) is 4.11. The first-order chi connectivity index (χ1) is 16.5. The number of carbonyl (C=O) groups excluding carboxylic acids is 3. The maximum atomic E-state index is 13.2. The summed E-state index contributed by atoms with van der Waals surface area (Å²) >= 11 is 0. The van der Waals surface area contributed by atoms with Crippen LogP contribution in [0.2, 0.25) is 0 Å². The Balaban J connectivity index is 1.51. The fraction of sp³-hybridized carbons (Fsp3) is 0.0741. The second-order valence-electron chi connectivity index (χ2n) is 8.05. The maximum Gasteiger partial charge on any atom is 0.331 e. The number of hydrogen-bond acceptors (Lipinski definition) is 3. The normalized spacial score (nSPS) is 15.3. The van der Waals surface area contributed by atoms with Crippen LogP contribution in [0.15, 0.2) is 90.6 Å². The third-order valence-corrected chi connectivity index (χ3v) is 5.75. The molecule has 1 fully saturated rings.